The summed E-state index contributed by atoms with van der Waals surface area (Å²) in [5.41, 5.74) is 2.24. The maximum atomic E-state index is 9.08. The molecule has 1 unspecified atom stereocenters. The van der Waals surface area contributed by atoms with E-state index in [1.54, 1.807) is 0 Å². The zero-order valence-electron chi connectivity index (χ0n) is 8.03. The number of allylic oxidation sites excluding steroid dienone is 1. The summed E-state index contributed by atoms with van der Waals surface area (Å²) in [6, 6.07) is 7.98. The van der Waals surface area contributed by atoms with Gasteiger partial charge in [-0.2, -0.15) is 0 Å². The van der Waals surface area contributed by atoms with Crippen molar-refractivity contribution in [2.24, 2.45) is 5.92 Å². The first-order valence-electron chi connectivity index (χ1n) is 4.58. The Bertz CT molecular complexity index is 278. The van der Waals surface area contributed by atoms with Crippen LogP contribution in [0.2, 0.25) is 0 Å². The van der Waals surface area contributed by atoms with Crippen LogP contribution >= 0.6 is 0 Å². The molecule has 1 nitrogen and oxygen atoms in total. The average molecular weight is 176 g/mol. The molecule has 0 saturated heterocycles. The molecule has 0 spiro atoms. The van der Waals surface area contributed by atoms with Crippen LogP contribution in [-0.4, -0.2) is 5.11 Å². The molecule has 0 amide bonds. The van der Waals surface area contributed by atoms with Crippen LogP contribution in [0.25, 0.3) is 0 Å². The molecule has 0 saturated carbocycles. The first-order chi connectivity index (χ1) is 6.27. The molecular formula is C12H16O. The molecule has 0 aliphatic rings. The zero-order valence-corrected chi connectivity index (χ0v) is 8.03. The van der Waals surface area contributed by atoms with Gasteiger partial charge in [-0.25, -0.2) is 0 Å². The van der Waals surface area contributed by atoms with Gasteiger partial charge in [0.05, 0.1) is 6.61 Å². The van der Waals surface area contributed by atoms with Crippen LogP contribution in [0, 0.1) is 5.92 Å². The Morgan fingerprint density at radius 3 is 2.54 bits per heavy atom. The summed E-state index contributed by atoms with van der Waals surface area (Å²) in [6.07, 6.45) is 2.90. The number of benzene rings is 1. The summed E-state index contributed by atoms with van der Waals surface area (Å²) in [5.74, 6) is 0.465. The number of rotatable bonds is 4. The molecule has 0 radical (unpaired) electrons. The molecule has 0 fully saturated rings. The fraction of sp³-hybridized carbons (Fsp3) is 0.333. The Morgan fingerprint density at radius 2 is 2.00 bits per heavy atom. The minimum absolute atomic E-state index is 0.125. The Balaban J connectivity index is 2.80. The standard InChI is InChI=1S/C12H16O/c1-3-10(2)8-11-6-4-5-7-12(11)9-13/h3-7,10,13H,1,8-9H2,2H3. The normalized spacial score (nSPS) is 12.5. The molecule has 0 aromatic heterocycles. The van der Waals surface area contributed by atoms with Crippen LogP contribution in [0.4, 0.5) is 0 Å². The quantitative estimate of drug-likeness (QED) is 0.699. The van der Waals surface area contributed by atoms with E-state index in [0.29, 0.717) is 5.92 Å². The molecular weight excluding hydrogens is 160 g/mol. The van der Waals surface area contributed by atoms with E-state index in [2.05, 4.69) is 19.6 Å². The average Bonchev–Trinajstić information content (AvgIpc) is 2.18. The Labute approximate surface area is 79.7 Å². The van der Waals surface area contributed by atoms with Gasteiger partial charge in [0.1, 0.15) is 0 Å². The molecule has 70 valence electrons. The van der Waals surface area contributed by atoms with Gasteiger partial charge in [0.25, 0.3) is 0 Å². The predicted molar refractivity (Wildman–Crippen MR) is 55.4 cm³/mol. The van der Waals surface area contributed by atoms with Crippen molar-refractivity contribution in [1.82, 2.24) is 0 Å². The third-order valence-corrected chi connectivity index (χ3v) is 2.23. The van der Waals surface area contributed by atoms with E-state index in [1.807, 2.05) is 24.3 Å². The molecule has 0 aliphatic heterocycles. The highest BCUT2D eigenvalue weighted by molar-refractivity contribution is 5.27. The van der Waals surface area contributed by atoms with Gasteiger partial charge in [-0.1, -0.05) is 37.3 Å². The van der Waals surface area contributed by atoms with Crippen molar-refractivity contribution in [3.8, 4) is 0 Å². The number of hydrogen-bond donors (Lipinski definition) is 1. The van der Waals surface area contributed by atoms with Crippen LogP contribution in [0.3, 0.4) is 0 Å². The topological polar surface area (TPSA) is 20.2 Å². The van der Waals surface area contributed by atoms with Crippen LogP contribution in [0.15, 0.2) is 36.9 Å². The van der Waals surface area contributed by atoms with E-state index in [1.165, 1.54) is 5.56 Å². The predicted octanol–water partition coefficient (Wildman–Crippen LogP) is 2.54. The molecule has 1 atom stereocenters. The lowest BCUT2D eigenvalue weighted by Gasteiger charge is -2.09. The van der Waals surface area contributed by atoms with E-state index >= 15 is 0 Å². The summed E-state index contributed by atoms with van der Waals surface area (Å²) >= 11 is 0. The second-order valence-corrected chi connectivity index (χ2v) is 3.34. The lowest BCUT2D eigenvalue weighted by atomic mass is 9.97. The largest absolute Gasteiger partial charge is 0.392 e. The Morgan fingerprint density at radius 1 is 1.38 bits per heavy atom. The van der Waals surface area contributed by atoms with Gasteiger partial charge in [0.15, 0.2) is 0 Å². The minimum Gasteiger partial charge on any atom is -0.392 e. The number of aliphatic hydroxyl groups excluding tert-OH is 1. The fourth-order valence-electron chi connectivity index (χ4n) is 1.34. The van der Waals surface area contributed by atoms with E-state index in [-0.39, 0.29) is 6.61 Å². The third-order valence-electron chi connectivity index (χ3n) is 2.23. The van der Waals surface area contributed by atoms with Crippen molar-refractivity contribution < 1.29 is 5.11 Å². The molecule has 1 heteroatoms. The lowest BCUT2D eigenvalue weighted by Crippen LogP contribution is -1.99. The van der Waals surface area contributed by atoms with Crippen LogP contribution < -0.4 is 0 Å². The van der Waals surface area contributed by atoms with Gasteiger partial charge in [0.2, 0.25) is 0 Å². The van der Waals surface area contributed by atoms with Crippen LogP contribution in [-0.2, 0) is 13.0 Å². The highest BCUT2D eigenvalue weighted by Crippen LogP contribution is 2.14. The lowest BCUT2D eigenvalue weighted by molar-refractivity contribution is 0.280. The van der Waals surface area contributed by atoms with Gasteiger partial charge in [-0.15, -0.1) is 6.58 Å². The van der Waals surface area contributed by atoms with E-state index < -0.39 is 0 Å². The maximum Gasteiger partial charge on any atom is 0.0684 e. The van der Waals surface area contributed by atoms with Crippen LogP contribution in [0.5, 0.6) is 0 Å². The summed E-state index contributed by atoms with van der Waals surface area (Å²) in [7, 11) is 0. The third kappa shape index (κ3) is 2.71. The maximum absolute atomic E-state index is 9.08. The molecule has 1 rings (SSSR count). The van der Waals surface area contributed by atoms with Crippen molar-refractivity contribution in [3.05, 3.63) is 48.0 Å². The monoisotopic (exact) mass is 176 g/mol. The van der Waals surface area contributed by atoms with Gasteiger partial charge >= 0.3 is 0 Å². The second-order valence-electron chi connectivity index (χ2n) is 3.34. The van der Waals surface area contributed by atoms with Crippen molar-refractivity contribution in [2.45, 2.75) is 20.0 Å². The molecule has 0 bridgehead atoms. The highest BCUT2D eigenvalue weighted by Gasteiger charge is 2.03. The summed E-state index contributed by atoms with van der Waals surface area (Å²) in [4.78, 5) is 0. The van der Waals surface area contributed by atoms with Gasteiger partial charge in [-0.3, -0.25) is 0 Å². The van der Waals surface area contributed by atoms with Crippen molar-refractivity contribution >= 4 is 0 Å². The molecule has 13 heavy (non-hydrogen) atoms. The van der Waals surface area contributed by atoms with Crippen LogP contribution in [0.1, 0.15) is 18.1 Å². The summed E-state index contributed by atoms with van der Waals surface area (Å²) in [6.45, 7) is 6.00. The van der Waals surface area contributed by atoms with Crippen molar-refractivity contribution in [1.29, 1.82) is 0 Å². The fourth-order valence-corrected chi connectivity index (χ4v) is 1.34. The smallest absolute Gasteiger partial charge is 0.0684 e. The Hall–Kier alpha value is -1.08. The molecule has 1 aromatic carbocycles. The first kappa shape index (κ1) is 10.0. The van der Waals surface area contributed by atoms with Crippen molar-refractivity contribution in [3.63, 3.8) is 0 Å². The SMILES string of the molecule is C=CC(C)Cc1ccccc1CO. The molecule has 0 aliphatic carbocycles. The van der Waals surface area contributed by atoms with E-state index in [9.17, 15) is 0 Å². The van der Waals surface area contributed by atoms with Crippen molar-refractivity contribution in [2.75, 3.05) is 0 Å². The molecule has 1 aromatic rings. The highest BCUT2D eigenvalue weighted by atomic mass is 16.3. The second kappa shape index (κ2) is 4.83. The van der Waals surface area contributed by atoms with E-state index in [0.717, 1.165) is 12.0 Å². The zero-order chi connectivity index (χ0) is 9.68. The first-order valence-corrected chi connectivity index (χ1v) is 4.58. The van der Waals surface area contributed by atoms with Gasteiger partial charge in [-0.05, 0) is 23.5 Å². The van der Waals surface area contributed by atoms with Gasteiger partial charge < -0.3 is 5.11 Å². The summed E-state index contributed by atoms with van der Waals surface area (Å²) in [5, 5.41) is 9.08. The van der Waals surface area contributed by atoms with E-state index in [4.69, 9.17) is 5.11 Å². The minimum atomic E-state index is 0.125. The summed E-state index contributed by atoms with van der Waals surface area (Å²) < 4.78 is 0. The van der Waals surface area contributed by atoms with Gasteiger partial charge in [0, 0.05) is 0 Å². The number of aliphatic hydroxyl groups is 1. The molecule has 1 N–H and O–H groups in total. The Kier molecular flexibility index (Phi) is 3.71. The number of hydrogen-bond acceptors (Lipinski definition) is 1. The molecule has 0 heterocycles.